The van der Waals surface area contributed by atoms with Crippen molar-refractivity contribution in [3.05, 3.63) is 22.4 Å². The second-order valence-corrected chi connectivity index (χ2v) is 12.5. The molecule has 2 amide bonds. The SMILES string of the molecule is C[C@]1(CO)C2CC[C@@H](O)[C@@H](CC(=O)NCc3cccs3)[C@]2(C)CC[C@H]1OC(=O)NC1CCCCC1. The van der Waals surface area contributed by atoms with Gasteiger partial charge < -0.3 is 25.6 Å². The van der Waals surface area contributed by atoms with Crippen LogP contribution in [0.5, 0.6) is 0 Å². The summed E-state index contributed by atoms with van der Waals surface area (Å²) >= 11 is 1.61. The fourth-order valence-corrected chi connectivity index (χ4v) is 7.87. The van der Waals surface area contributed by atoms with E-state index in [-0.39, 0.29) is 48.3 Å². The van der Waals surface area contributed by atoms with Gasteiger partial charge in [0.2, 0.25) is 5.91 Å². The summed E-state index contributed by atoms with van der Waals surface area (Å²) < 4.78 is 5.97. The standard InChI is InChI=1S/C27H42N2O5S/c1-26-13-12-23(34-25(33)29-18-7-4-3-5-8-18)27(2,17-30)22(26)11-10-21(31)20(26)15-24(32)28-16-19-9-6-14-35-19/h6,9,14,18,20-23,30-31H,3-5,7-8,10-13,15-17H2,1-2H3,(H,28,32)(H,29,33)/t20-,21-,22?,23-,26+,27+/m1/s1. The largest absolute Gasteiger partial charge is 0.446 e. The zero-order valence-corrected chi connectivity index (χ0v) is 21.9. The van der Waals surface area contributed by atoms with Crippen LogP contribution in [0.4, 0.5) is 4.79 Å². The Labute approximate surface area is 213 Å². The molecule has 8 heteroatoms. The van der Waals surface area contributed by atoms with Gasteiger partial charge >= 0.3 is 6.09 Å². The van der Waals surface area contributed by atoms with Crippen LogP contribution >= 0.6 is 11.3 Å². The number of hydrogen-bond acceptors (Lipinski definition) is 6. The molecule has 7 nitrogen and oxygen atoms in total. The molecule has 4 rings (SSSR count). The van der Waals surface area contributed by atoms with Gasteiger partial charge in [-0.25, -0.2) is 4.79 Å². The molecule has 196 valence electrons. The van der Waals surface area contributed by atoms with Crippen molar-refractivity contribution in [1.82, 2.24) is 10.6 Å². The number of aliphatic hydroxyl groups is 2. The smallest absolute Gasteiger partial charge is 0.407 e. The summed E-state index contributed by atoms with van der Waals surface area (Å²) in [6.07, 6.45) is 7.08. The fourth-order valence-electron chi connectivity index (χ4n) is 7.23. The van der Waals surface area contributed by atoms with Gasteiger partial charge in [-0.2, -0.15) is 0 Å². The quantitative estimate of drug-likeness (QED) is 0.439. The predicted molar refractivity (Wildman–Crippen MR) is 136 cm³/mol. The number of ether oxygens (including phenoxy) is 1. The van der Waals surface area contributed by atoms with Crippen molar-refractivity contribution in [2.45, 2.75) is 103 Å². The zero-order valence-electron chi connectivity index (χ0n) is 21.1. The van der Waals surface area contributed by atoms with Crippen LogP contribution in [-0.2, 0) is 16.1 Å². The molecule has 35 heavy (non-hydrogen) atoms. The lowest BCUT2D eigenvalue weighted by molar-refractivity contribution is -0.186. The van der Waals surface area contributed by atoms with Crippen LogP contribution in [0, 0.1) is 22.7 Å². The molecule has 3 aliphatic rings. The summed E-state index contributed by atoms with van der Waals surface area (Å²) in [6.45, 7) is 4.57. The number of rotatable bonds is 7. The third-order valence-electron chi connectivity index (χ3n) is 9.30. The lowest BCUT2D eigenvalue weighted by atomic mass is 9.46. The van der Waals surface area contributed by atoms with Crippen LogP contribution in [0.3, 0.4) is 0 Å². The van der Waals surface area contributed by atoms with Gasteiger partial charge in [0.15, 0.2) is 0 Å². The van der Waals surface area contributed by atoms with Gasteiger partial charge in [-0.05, 0) is 67.2 Å². The molecule has 0 bridgehead atoms. The van der Waals surface area contributed by atoms with Crippen LogP contribution in [-0.4, -0.2) is 47.1 Å². The molecule has 1 aromatic rings. The van der Waals surface area contributed by atoms with Crippen molar-refractivity contribution in [2.24, 2.45) is 22.7 Å². The molecular formula is C27H42N2O5S. The number of aliphatic hydroxyl groups excluding tert-OH is 2. The Bertz CT molecular complexity index is 858. The summed E-state index contributed by atoms with van der Waals surface area (Å²) in [7, 11) is 0. The maximum Gasteiger partial charge on any atom is 0.407 e. The van der Waals surface area contributed by atoms with E-state index in [1.165, 1.54) is 6.42 Å². The molecule has 0 spiro atoms. The number of nitrogens with one attached hydrogen (secondary N) is 2. The number of amides is 2. The van der Waals surface area contributed by atoms with Crippen molar-refractivity contribution in [2.75, 3.05) is 6.61 Å². The van der Waals surface area contributed by atoms with E-state index < -0.39 is 17.6 Å². The monoisotopic (exact) mass is 506 g/mol. The molecular weight excluding hydrogens is 464 g/mol. The molecule has 1 heterocycles. The second-order valence-electron chi connectivity index (χ2n) is 11.4. The summed E-state index contributed by atoms with van der Waals surface area (Å²) in [5, 5.41) is 29.6. The number of carbonyl (C=O) groups is 2. The molecule has 4 N–H and O–H groups in total. The van der Waals surface area contributed by atoms with E-state index in [0.717, 1.165) is 43.4 Å². The van der Waals surface area contributed by atoms with Crippen molar-refractivity contribution < 1.29 is 24.5 Å². The number of thiophene rings is 1. The normalized spacial score (nSPS) is 35.7. The maximum absolute atomic E-state index is 12.9. The minimum atomic E-state index is -0.622. The van der Waals surface area contributed by atoms with E-state index >= 15 is 0 Å². The van der Waals surface area contributed by atoms with Gasteiger partial charge in [0.1, 0.15) is 6.10 Å². The molecule has 1 aromatic heterocycles. The molecule has 1 unspecified atom stereocenters. The van der Waals surface area contributed by atoms with Crippen molar-refractivity contribution in [3.63, 3.8) is 0 Å². The van der Waals surface area contributed by atoms with Crippen molar-refractivity contribution >= 4 is 23.3 Å². The first kappa shape index (κ1) is 26.4. The van der Waals surface area contributed by atoms with Crippen LogP contribution < -0.4 is 10.6 Å². The lowest BCUT2D eigenvalue weighted by Crippen LogP contribution is -2.61. The molecule has 0 aliphatic heterocycles. The Morgan fingerprint density at radius 3 is 2.60 bits per heavy atom. The highest BCUT2D eigenvalue weighted by atomic mass is 32.1. The minimum absolute atomic E-state index is 0.0414. The van der Waals surface area contributed by atoms with E-state index in [9.17, 15) is 19.8 Å². The first-order valence-electron chi connectivity index (χ1n) is 13.3. The molecule has 3 fully saturated rings. The average Bonchev–Trinajstić information content (AvgIpc) is 3.36. The van der Waals surface area contributed by atoms with Crippen molar-refractivity contribution in [1.29, 1.82) is 0 Å². The third-order valence-corrected chi connectivity index (χ3v) is 10.2. The molecule has 3 aliphatic carbocycles. The van der Waals surface area contributed by atoms with Gasteiger partial charge in [-0.3, -0.25) is 4.79 Å². The second kappa shape index (κ2) is 11.2. The first-order chi connectivity index (χ1) is 16.8. The molecule has 0 aromatic carbocycles. The Kier molecular flexibility index (Phi) is 8.44. The highest BCUT2D eigenvalue weighted by Crippen LogP contribution is 2.61. The van der Waals surface area contributed by atoms with Gasteiger partial charge in [0.25, 0.3) is 0 Å². The minimum Gasteiger partial charge on any atom is -0.446 e. The maximum atomic E-state index is 12.9. The van der Waals surface area contributed by atoms with E-state index in [1.54, 1.807) is 11.3 Å². The molecule has 0 saturated heterocycles. The Hall–Kier alpha value is -1.64. The summed E-state index contributed by atoms with van der Waals surface area (Å²) in [5.74, 6) is -0.215. The van der Waals surface area contributed by atoms with E-state index in [4.69, 9.17) is 4.74 Å². The van der Waals surface area contributed by atoms with Crippen LogP contribution in [0.1, 0.15) is 82.9 Å². The zero-order chi connectivity index (χ0) is 25.1. The summed E-state index contributed by atoms with van der Waals surface area (Å²) in [5.41, 5.74) is -0.947. The van der Waals surface area contributed by atoms with E-state index in [0.29, 0.717) is 19.4 Å². The van der Waals surface area contributed by atoms with Crippen LogP contribution in [0.2, 0.25) is 0 Å². The molecule has 3 saturated carbocycles. The number of carbonyl (C=O) groups excluding carboxylic acids is 2. The third kappa shape index (κ3) is 5.70. The number of alkyl carbamates (subject to hydrolysis) is 1. The van der Waals surface area contributed by atoms with Crippen LogP contribution in [0.25, 0.3) is 0 Å². The Morgan fingerprint density at radius 2 is 1.91 bits per heavy atom. The fraction of sp³-hybridized carbons (Fsp3) is 0.778. The first-order valence-corrected chi connectivity index (χ1v) is 14.2. The topological polar surface area (TPSA) is 108 Å². The average molecular weight is 507 g/mol. The molecule has 0 radical (unpaired) electrons. The Morgan fingerprint density at radius 1 is 1.14 bits per heavy atom. The number of hydrogen-bond donors (Lipinski definition) is 4. The Balaban J connectivity index is 1.43. The predicted octanol–water partition coefficient (Wildman–Crippen LogP) is 4.37. The molecule has 6 atom stereocenters. The van der Waals surface area contributed by atoms with Gasteiger partial charge in [0.05, 0.1) is 19.3 Å². The number of fused-ring (bicyclic) bond motifs is 1. The lowest BCUT2D eigenvalue weighted by Gasteiger charge is -2.60. The van der Waals surface area contributed by atoms with Gasteiger partial charge in [-0.15, -0.1) is 11.3 Å². The van der Waals surface area contributed by atoms with E-state index in [1.807, 2.05) is 24.4 Å². The van der Waals surface area contributed by atoms with Crippen LogP contribution in [0.15, 0.2) is 17.5 Å². The van der Waals surface area contributed by atoms with Gasteiger partial charge in [-0.1, -0.05) is 39.2 Å². The van der Waals surface area contributed by atoms with E-state index in [2.05, 4.69) is 17.6 Å². The van der Waals surface area contributed by atoms with Crippen molar-refractivity contribution in [3.8, 4) is 0 Å². The highest BCUT2D eigenvalue weighted by Gasteiger charge is 2.60. The summed E-state index contributed by atoms with van der Waals surface area (Å²) in [6, 6.07) is 4.14. The van der Waals surface area contributed by atoms with Gasteiger partial charge in [0, 0.05) is 22.8 Å². The summed E-state index contributed by atoms with van der Waals surface area (Å²) in [4.78, 5) is 26.7. The highest BCUT2D eigenvalue weighted by molar-refractivity contribution is 7.09.